The zero-order valence-corrected chi connectivity index (χ0v) is 46.1. The summed E-state index contributed by atoms with van der Waals surface area (Å²) < 4.78 is 0. The number of rotatable bonds is 37. The molecule has 1 heterocycles. The topological polar surface area (TPSA) is 458 Å². The summed E-state index contributed by atoms with van der Waals surface area (Å²) in [5, 5.41) is 61.9. The van der Waals surface area contributed by atoms with Gasteiger partial charge in [-0.25, -0.2) is 9.78 Å². The molecule has 1 aromatic heterocycles. The van der Waals surface area contributed by atoms with E-state index in [-0.39, 0.29) is 44.6 Å². The van der Waals surface area contributed by atoms with Crippen molar-refractivity contribution in [1.29, 1.82) is 0 Å². The maximum absolute atomic E-state index is 14.1. The number of thioether (sulfide) groups is 1. The lowest BCUT2D eigenvalue weighted by atomic mass is 10.0. The number of aromatic nitrogens is 2. The molecule has 0 fully saturated rings. The third-order valence-corrected chi connectivity index (χ3v) is 12.6. The number of aliphatic hydroxyl groups is 2. The molecule has 0 radical (unpaired) electrons. The van der Waals surface area contributed by atoms with E-state index in [1.807, 2.05) is 0 Å². The van der Waals surface area contributed by atoms with Gasteiger partial charge in [-0.1, -0.05) is 58.0 Å². The summed E-state index contributed by atoms with van der Waals surface area (Å²) in [4.78, 5) is 152. The molecule has 440 valence electrons. The largest absolute Gasteiger partial charge is 0.481 e. The minimum atomic E-state index is -2.00. The van der Waals surface area contributed by atoms with E-state index in [4.69, 9.17) is 11.5 Å². The average Bonchev–Trinajstić information content (AvgIpc) is 3.90. The number of carboxylic acids is 2. The standard InChI is InChI=1S/C50H79N13O15S/c1-26(2)18-34(44(71)58-33(50(77)78)15-17-79-6)56-38(66)23-54-48(75)40(27(3)4)62-46(73)35(19-29-12-8-7-9-13-29)59-47(74)37(24-64)61-45(72)36(21-39(67)68)60-49(76)41(28(5)65)63-43(70)32(14-10-11-16-51)57-42(69)31(52)20-30-22-53-25-55-30/h7-9,12-13,22,25-28,31-37,40-41,64-65H,10-11,14-21,23-24,51-52H2,1-6H3,(H,53,55)(H,54,75)(H,56,66)(H,57,69)(H,58,71)(H,59,74)(H,60,76)(H,61,72)(H,62,73)(H,63,70)(H,67,68)(H,77,78)/t28-,31+,32+,33+,34+,35+,36+,37+,40+,41+/m1/s1. The van der Waals surface area contributed by atoms with E-state index >= 15 is 0 Å². The zero-order chi connectivity index (χ0) is 59.4. The number of hydrogen-bond acceptors (Lipinski definition) is 17. The second kappa shape index (κ2) is 35.3. The van der Waals surface area contributed by atoms with Crippen molar-refractivity contribution in [3.63, 3.8) is 0 Å². The molecule has 0 saturated heterocycles. The van der Waals surface area contributed by atoms with Crippen LogP contribution in [0.3, 0.4) is 0 Å². The molecule has 18 N–H and O–H groups in total. The van der Waals surface area contributed by atoms with Gasteiger partial charge >= 0.3 is 11.9 Å². The van der Waals surface area contributed by atoms with Crippen LogP contribution in [-0.2, 0) is 65.6 Å². The third kappa shape index (κ3) is 25.0. The van der Waals surface area contributed by atoms with Crippen LogP contribution in [0.5, 0.6) is 0 Å². The Bertz CT molecular complexity index is 2330. The monoisotopic (exact) mass is 1130 g/mol. The number of benzene rings is 1. The normalized spacial score (nSPS) is 15.0. The minimum Gasteiger partial charge on any atom is -0.481 e. The number of unbranched alkanes of at least 4 members (excludes halogenated alkanes) is 1. The van der Waals surface area contributed by atoms with Crippen LogP contribution < -0.4 is 59.3 Å². The predicted octanol–water partition coefficient (Wildman–Crippen LogP) is -3.97. The number of carboxylic acid groups (broad SMARTS) is 2. The molecule has 0 bridgehead atoms. The Balaban J connectivity index is 2.27. The van der Waals surface area contributed by atoms with E-state index in [2.05, 4.69) is 57.8 Å². The number of nitrogens with zero attached hydrogens (tertiary/aromatic N) is 1. The van der Waals surface area contributed by atoms with E-state index in [0.717, 1.165) is 6.92 Å². The first kappa shape index (κ1) is 67.9. The smallest absolute Gasteiger partial charge is 0.326 e. The quantitative estimate of drug-likeness (QED) is 0.0287. The SMILES string of the molecule is CSCC[C@H](NC(=O)[C@H](CC(C)C)NC(=O)CNC(=O)[C@@H](NC(=O)[C@H](Cc1ccccc1)NC(=O)[C@H](CO)NC(=O)[C@H](CC(=O)O)NC(=O)[C@@H](NC(=O)[C@H](CCCCN)NC(=O)[C@@H](N)Cc1cnc[nH]1)[C@@H](C)O)C(C)C)C(=O)O. The molecule has 0 aliphatic rings. The van der Waals surface area contributed by atoms with Crippen molar-refractivity contribution >= 4 is 76.9 Å². The summed E-state index contributed by atoms with van der Waals surface area (Å²) in [6.07, 6.45) is 2.77. The first-order valence-corrected chi connectivity index (χ1v) is 27.1. The fourth-order valence-corrected chi connectivity index (χ4v) is 8.12. The summed E-state index contributed by atoms with van der Waals surface area (Å²) in [7, 11) is 0. The highest BCUT2D eigenvalue weighted by Crippen LogP contribution is 2.11. The molecule has 10 atom stereocenters. The Morgan fingerprint density at radius 1 is 0.646 bits per heavy atom. The Hall–Kier alpha value is -7.21. The molecule has 0 aliphatic heterocycles. The van der Waals surface area contributed by atoms with Gasteiger partial charge in [0.05, 0.1) is 38.0 Å². The molecule has 2 rings (SSSR count). The number of aromatic amines is 1. The molecule has 28 nitrogen and oxygen atoms in total. The number of aliphatic hydroxyl groups excluding tert-OH is 2. The Kier molecular flexibility index (Phi) is 30.4. The zero-order valence-electron chi connectivity index (χ0n) is 45.2. The highest BCUT2D eigenvalue weighted by atomic mass is 32.2. The second-order valence-corrected chi connectivity index (χ2v) is 20.5. The molecule has 9 amide bonds. The van der Waals surface area contributed by atoms with E-state index in [0.29, 0.717) is 29.9 Å². The lowest BCUT2D eigenvalue weighted by Gasteiger charge is -2.28. The number of nitrogens with one attached hydrogen (secondary N) is 10. The van der Waals surface area contributed by atoms with Gasteiger partial charge in [0.2, 0.25) is 53.2 Å². The number of H-pyrrole nitrogens is 1. The van der Waals surface area contributed by atoms with Crippen LogP contribution in [0.15, 0.2) is 42.9 Å². The summed E-state index contributed by atoms with van der Waals surface area (Å²) in [5.74, 6) is -11.9. The maximum atomic E-state index is 14.1. The lowest BCUT2D eigenvalue weighted by Crippen LogP contribution is -2.62. The van der Waals surface area contributed by atoms with Crippen molar-refractivity contribution in [3.8, 4) is 0 Å². The lowest BCUT2D eigenvalue weighted by molar-refractivity contribution is -0.142. The Morgan fingerprint density at radius 2 is 1.22 bits per heavy atom. The van der Waals surface area contributed by atoms with Gasteiger partial charge < -0.3 is 84.7 Å². The van der Waals surface area contributed by atoms with Crippen LogP contribution >= 0.6 is 11.8 Å². The number of hydrogen-bond donors (Lipinski definition) is 16. The van der Waals surface area contributed by atoms with Crippen LogP contribution in [-0.4, -0.2) is 188 Å². The number of carbonyl (C=O) groups excluding carboxylic acids is 9. The highest BCUT2D eigenvalue weighted by Gasteiger charge is 2.37. The number of amides is 9. The molecular weight excluding hydrogens is 1050 g/mol. The molecule has 29 heteroatoms. The first-order valence-electron chi connectivity index (χ1n) is 25.7. The first-order chi connectivity index (χ1) is 37.3. The van der Waals surface area contributed by atoms with Crippen molar-refractivity contribution in [1.82, 2.24) is 57.8 Å². The number of nitrogens with two attached hydrogens (primary N) is 2. The molecule has 0 spiro atoms. The molecule has 0 saturated carbocycles. The fraction of sp³-hybridized carbons (Fsp3) is 0.600. The highest BCUT2D eigenvalue weighted by molar-refractivity contribution is 7.98. The number of carbonyl (C=O) groups is 11. The van der Waals surface area contributed by atoms with Crippen LogP contribution in [0.1, 0.15) is 84.4 Å². The molecule has 2 aromatic rings. The fourth-order valence-electron chi connectivity index (χ4n) is 7.65. The third-order valence-electron chi connectivity index (χ3n) is 12.0. The van der Waals surface area contributed by atoms with Gasteiger partial charge in [-0.15, -0.1) is 0 Å². The van der Waals surface area contributed by atoms with Gasteiger partial charge in [0.25, 0.3) is 0 Å². The second-order valence-electron chi connectivity index (χ2n) is 19.5. The van der Waals surface area contributed by atoms with Crippen LogP contribution in [0.2, 0.25) is 0 Å². The van der Waals surface area contributed by atoms with E-state index < -0.39 is 151 Å². The molecule has 1 aromatic carbocycles. The van der Waals surface area contributed by atoms with Gasteiger partial charge in [0, 0.05) is 24.7 Å². The minimum absolute atomic E-state index is 0.0263. The van der Waals surface area contributed by atoms with E-state index in [9.17, 15) is 73.2 Å². The predicted molar refractivity (Wildman–Crippen MR) is 288 cm³/mol. The molecule has 79 heavy (non-hydrogen) atoms. The summed E-state index contributed by atoms with van der Waals surface area (Å²) in [6.45, 7) is 6.33. The van der Waals surface area contributed by atoms with Gasteiger partial charge in [-0.05, 0) is 75.0 Å². The number of aliphatic carboxylic acids is 2. The van der Waals surface area contributed by atoms with Gasteiger partial charge in [0.1, 0.15) is 48.3 Å². The maximum Gasteiger partial charge on any atom is 0.326 e. The van der Waals surface area contributed by atoms with Crippen LogP contribution in [0.25, 0.3) is 0 Å². The Morgan fingerprint density at radius 3 is 1.77 bits per heavy atom. The van der Waals surface area contributed by atoms with Crippen molar-refractivity contribution < 1.29 is 73.2 Å². The van der Waals surface area contributed by atoms with Crippen molar-refractivity contribution in [2.24, 2.45) is 23.3 Å². The van der Waals surface area contributed by atoms with Gasteiger partial charge in [0.15, 0.2) is 0 Å². The Labute approximate surface area is 462 Å². The number of imidazole rings is 1. The van der Waals surface area contributed by atoms with Crippen molar-refractivity contribution in [2.75, 3.05) is 31.7 Å². The molecular formula is C50H79N13O15S. The molecule has 0 aliphatic carbocycles. The van der Waals surface area contributed by atoms with Crippen LogP contribution in [0, 0.1) is 11.8 Å². The van der Waals surface area contributed by atoms with Crippen molar-refractivity contribution in [3.05, 3.63) is 54.1 Å². The summed E-state index contributed by atoms with van der Waals surface area (Å²) in [5.41, 5.74) is 12.7. The van der Waals surface area contributed by atoms with E-state index in [1.54, 1.807) is 64.3 Å². The molecule has 0 unspecified atom stereocenters. The van der Waals surface area contributed by atoms with E-state index in [1.165, 1.54) is 24.3 Å². The summed E-state index contributed by atoms with van der Waals surface area (Å²) >= 11 is 1.39. The van der Waals surface area contributed by atoms with Crippen LogP contribution in [0.4, 0.5) is 0 Å². The average molecular weight is 1130 g/mol. The summed E-state index contributed by atoms with van der Waals surface area (Å²) in [6, 6.07) is -5.13. The van der Waals surface area contributed by atoms with Crippen molar-refractivity contribution in [2.45, 2.75) is 146 Å². The van der Waals surface area contributed by atoms with Gasteiger partial charge in [-0.2, -0.15) is 11.8 Å². The van der Waals surface area contributed by atoms with Gasteiger partial charge in [-0.3, -0.25) is 47.9 Å².